The molecule has 2 atom stereocenters. The van der Waals surface area contributed by atoms with Crippen molar-refractivity contribution in [3.8, 4) is 5.75 Å². The normalized spacial score (nSPS) is 17.8. The number of ether oxygens (including phenoxy) is 1. The van der Waals surface area contributed by atoms with Gasteiger partial charge >= 0.3 is 6.18 Å². The molecule has 3 aromatic rings. The lowest BCUT2D eigenvalue weighted by Gasteiger charge is -2.33. The Morgan fingerprint density at radius 2 is 1.88 bits per heavy atom. The third-order valence-corrected chi connectivity index (χ3v) is 5.98. The number of aromatic nitrogens is 2. The topological polar surface area (TPSA) is 59.4 Å². The van der Waals surface area contributed by atoms with E-state index in [4.69, 9.17) is 16.3 Å². The molecule has 1 amide bonds. The highest BCUT2D eigenvalue weighted by Gasteiger charge is 2.48. The summed E-state index contributed by atoms with van der Waals surface area (Å²) >= 11 is 6.42. The van der Waals surface area contributed by atoms with E-state index in [0.717, 1.165) is 10.2 Å². The molecule has 4 rings (SSSR count). The van der Waals surface area contributed by atoms with Gasteiger partial charge in [0.1, 0.15) is 16.6 Å². The molecule has 0 bridgehead atoms. The van der Waals surface area contributed by atoms with E-state index in [1.807, 2.05) is 30.3 Å². The van der Waals surface area contributed by atoms with Gasteiger partial charge < -0.3 is 15.0 Å². The van der Waals surface area contributed by atoms with E-state index in [0.29, 0.717) is 11.3 Å². The fraction of sp³-hybridized carbons (Fsp3) is 0.304. The van der Waals surface area contributed by atoms with Gasteiger partial charge in [-0.2, -0.15) is 18.3 Å². The summed E-state index contributed by atoms with van der Waals surface area (Å²) in [5.41, 5.74) is 1.30. The summed E-state index contributed by atoms with van der Waals surface area (Å²) < 4.78 is 47.8. The van der Waals surface area contributed by atoms with E-state index in [2.05, 4.69) is 10.4 Å². The number of anilines is 1. The van der Waals surface area contributed by atoms with Crippen molar-refractivity contribution in [3.63, 3.8) is 0 Å². The number of nitrogens with zero attached hydrogens (tertiary/aromatic N) is 3. The number of hydrogen-bond donors (Lipinski definition) is 1. The predicted molar refractivity (Wildman–Crippen MR) is 119 cm³/mol. The van der Waals surface area contributed by atoms with Crippen LogP contribution in [-0.2, 0) is 6.54 Å². The van der Waals surface area contributed by atoms with Crippen LogP contribution in [0.4, 0.5) is 19.0 Å². The van der Waals surface area contributed by atoms with Gasteiger partial charge in [-0.25, -0.2) is 4.68 Å². The Labute approximate surface area is 193 Å². The van der Waals surface area contributed by atoms with Crippen LogP contribution in [0.3, 0.4) is 0 Å². The van der Waals surface area contributed by atoms with Crippen molar-refractivity contribution in [2.75, 3.05) is 19.5 Å². The number of benzene rings is 2. The Morgan fingerprint density at radius 3 is 2.48 bits per heavy atom. The van der Waals surface area contributed by atoms with Crippen LogP contribution in [0.1, 0.15) is 40.1 Å². The second kappa shape index (κ2) is 8.97. The summed E-state index contributed by atoms with van der Waals surface area (Å²) in [7, 11) is 3.07. The molecule has 1 N–H and O–H groups in total. The Bertz CT molecular complexity index is 1130. The standard InChI is InChI=1S/C23H22ClF3N4O2/c1-30(13-14-6-4-3-5-7-14)22(32)20-19(24)21-28-17(15-8-10-16(33-2)11-9-15)12-18(23(25,26)27)31(21)29-20/h3-11,17-18,28H,12-13H2,1-2H3/t17-,18-/m0/s1. The number of fused-ring (bicyclic) bond motifs is 1. The molecular formula is C23H22ClF3N4O2. The molecule has 0 saturated heterocycles. The zero-order valence-corrected chi connectivity index (χ0v) is 18.7. The zero-order chi connectivity index (χ0) is 23.8. The maximum Gasteiger partial charge on any atom is 0.410 e. The lowest BCUT2D eigenvalue weighted by Crippen LogP contribution is -2.36. The minimum Gasteiger partial charge on any atom is -0.497 e. The highest BCUT2D eigenvalue weighted by atomic mass is 35.5. The lowest BCUT2D eigenvalue weighted by molar-refractivity contribution is -0.173. The van der Waals surface area contributed by atoms with Crippen molar-refractivity contribution < 1.29 is 22.7 Å². The van der Waals surface area contributed by atoms with E-state index in [9.17, 15) is 18.0 Å². The van der Waals surface area contributed by atoms with Gasteiger partial charge in [0, 0.05) is 20.0 Å². The Balaban J connectivity index is 1.66. The average Bonchev–Trinajstić information content (AvgIpc) is 3.14. The first-order valence-electron chi connectivity index (χ1n) is 10.2. The lowest BCUT2D eigenvalue weighted by atomic mass is 9.97. The number of alkyl halides is 3. The van der Waals surface area contributed by atoms with Gasteiger partial charge in [0.2, 0.25) is 0 Å². The fourth-order valence-electron chi connectivity index (χ4n) is 3.89. The van der Waals surface area contributed by atoms with E-state index in [1.165, 1.54) is 12.0 Å². The van der Waals surface area contributed by atoms with E-state index >= 15 is 0 Å². The van der Waals surface area contributed by atoms with Crippen molar-refractivity contribution in [2.24, 2.45) is 0 Å². The number of carbonyl (C=O) groups excluding carboxylic acids is 1. The molecule has 0 radical (unpaired) electrons. The molecule has 0 saturated carbocycles. The number of nitrogens with one attached hydrogen (secondary N) is 1. The number of amides is 1. The minimum atomic E-state index is -4.58. The molecule has 2 aromatic carbocycles. The Morgan fingerprint density at radius 1 is 1.21 bits per heavy atom. The largest absolute Gasteiger partial charge is 0.497 e. The molecule has 0 spiro atoms. The van der Waals surface area contributed by atoms with Crippen molar-refractivity contribution in [3.05, 3.63) is 76.4 Å². The van der Waals surface area contributed by atoms with Gasteiger partial charge in [-0.15, -0.1) is 0 Å². The van der Waals surface area contributed by atoms with Crippen molar-refractivity contribution >= 4 is 23.3 Å². The Hall–Kier alpha value is -3.20. The van der Waals surface area contributed by atoms with Gasteiger partial charge in [-0.05, 0) is 23.3 Å². The first kappa shape index (κ1) is 23.0. The monoisotopic (exact) mass is 478 g/mol. The molecule has 1 aliphatic rings. The van der Waals surface area contributed by atoms with Crippen LogP contribution >= 0.6 is 11.6 Å². The highest BCUT2D eigenvalue weighted by Crippen LogP contribution is 2.46. The third kappa shape index (κ3) is 4.64. The van der Waals surface area contributed by atoms with E-state index < -0.39 is 24.2 Å². The molecule has 6 nitrogen and oxygen atoms in total. The number of rotatable bonds is 5. The zero-order valence-electron chi connectivity index (χ0n) is 17.9. The quantitative estimate of drug-likeness (QED) is 0.527. The average molecular weight is 479 g/mol. The van der Waals surface area contributed by atoms with Crippen molar-refractivity contribution in [1.82, 2.24) is 14.7 Å². The van der Waals surface area contributed by atoms with E-state index in [1.54, 1.807) is 31.3 Å². The minimum absolute atomic E-state index is 0.0254. The van der Waals surface area contributed by atoms with Crippen LogP contribution in [0.5, 0.6) is 5.75 Å². The molecule has 174 valence electrons. The van der Waals surface area contributed by atoms with Gasteiger partial charge in [0.15, 0.2) is 11.7 Å². The van der Waals surface area contributed by atoms with Crippen LogP contribution in [0.15, 0.2) is 54.6 Å². The molecule has 10 heteroatoms. The molecule has 33 heavy (non-hydrogen) atoms. The summed E-state index contributed by atoms with van der Waals surface area (Å²) in [5, 5.41) is 6.92. The summed E-state index contributed by atoms with van der Waals surface area (Å²) in [6.07, 6.45) is -4.87. The van der Waals surface area contributed by atoms with Crippen LogP contribution in [0.25, 0.3) is 0 Å². The molecule has 1 aromatic heterocycles. The molecule has 0 fully saturated rings. The number of hydrogen-bond acceptors (Lipinski definition) is 4. The summed E-state index contributed by atoms with van der Waals surface area (Å²) in [4.78, 5) is 14.4. The Kier molecular flexibility index (Phi) is 6.25. The smallest absolute Gasteiger partial charge is 0.410 e. The van der Waals surface area contributed by atoms with Gasteiger partial charge in [-0.1, -0.05) is 54.1 Å². The van der Waals surface area contributed by atoms with Crippen molar-refractivity contribution in [2.45, 2.75) is 31.2 Å². The molecule has 2 heterocycles. The van der Waals surface area contributed by atoms with Crippen LogP contribution in [0.2, 0.25) is 5.02 Å². The van der Waals surface area contributed by atoms with Gasteiger partial charge in [-0.3, -0.25) is 4.79 Å². The van der Waals surface area contributed by atoms with Gasteiger partial charge in [0.05, 0.1) is 13.2 Å². The molecule has 0 aliphatic carbocycles. The molecule has 0 unspecified atom stereocenters. The SMILES string of the molecule is COc1ccc([C@@H]2C[C@@H](C(F)(F)F)n3nc(C(=O)N(C)Cc4ccccc4)c(Cl)c3N2)cc1. The van der Waals surface area contributed by atoms with Crippen LogP contribution < -0.4 is 10.1 Å². The van der Waals surface area contributed by atoms with Crippen molar-refractivity contribution in [1.29, 1.82) is 0 Å². The second-order valence-corrected chi connectivity index (χ2v) is 8.24. The summed E-state index contributed by atoms with van der Waals surface area (Å²) in [5.74, 6) is 0.0105. The predicted octanol–water partition coefficient (Wildman–Crippen LogP) is 5.48. The highest BCUT2D eigenvalue weighted by molar-refractivity contribution is 6.36. The molecular weight excluding hydrogens is 457 g/mol. The maximum absolute atomic E-state index is 14.0. The van der Waals surface area contributed by atoms with Crippen LogP contribution in [0, 0.1) is 0 Å². The first-order valence-corrected chi connectivity index (χ1v) is 10.6. The van der Waals surface area contributed by atoms with Crippen LogP contribution in [-0.4, -0.2) is 40.9 Å². The molecule has 1 aliphatic heterocycles. The second-order valence-electron chi connectivity index (χ2n) is 7.87. The van der Waals surface area contributed by atoms with E-state index in [-0.39, 0.29) is 29.5 Å². The third-order valence-electron chi connectivity index (χ3n) is 5.63. The number of carbonyl (C=O) groups is 1. The summed E-state index contributed by atoms with van der Waals surface area (Å²) in [6.45, 7) is 0.267. The number of methoxy groups -OCH3 is 1. The number of halogens is 4. The maximum atomic E-state index is 14.0. The summed E-state index contributed by atoms with van der Waals surface area (Å²) in [6, 6.07) is 13.4. The first-order chi connectivity index (χ1) is 15.7. The fourth-order valence-corrected chi connectivity index (χ4v) is 4.15. The van der Waals surface area contributed by atoms with Gasteiger partial charge in [0.25, 0.3) is 5.91 Å².